The highest BCUT2D eigenvalue weighted by Crippen LogP contribution is 2.38. The lowest BCUT2D eigenvalue weighted by Crippen LogP contribution is -2.15. The van der Waals surface area contributed by atoms with Crippen LogP contribution in [-0.4, -0.2) is 19.8 Å². The van der Waals surface area contributed by atoms with Crippen molar-refractivity contribution in [1.29, 1.82) is 0 Å². The molecule has 0 saturated carbocycles. The van der Waals surface area contributed by atoms with E-state index in [1.54, 1.807) is 0 Å². The van der Waals surface area contributed by atoms with Gasteiger partial charge in [0.15, 0.2) is 23.0 Å². The molecule has 0 bridgehead atoms. The van der Waals surface area contributed by atoms with Crippen molar-refractivity contribution in [3.05, 3.63) is 75.8 Å². The summed E-state index contributed by atoms with van der Waals surface area (Å²) >= 11 is 3.66. The van der Waals surface area contributed by atoms with Crippen molar-refractivity contribution in [3.63, 3.8) is 0 Å². The van der Waals surface area contributed by atoms with E-state index in [0.29, 0.717) is 38.7 Å². The summed E-state index contributed by atoms with van der Waals surface area (Å²) in [6, 6.07) is 18.3. The van der Waals surface area contributed by atoms with Crippen molar-refractivity contribution in [2.75, 3.05) is 25.1 Å². The molecule has 3 aromatic carbocycles. The number of nitrogens with one attached hydrogen (secondary N) is 1. The minimum Gasteiger partial charge on any atom is -0.490 e. The standard InChI is InChI=1S/C25H26BrNO4/c1-3-28-24-13-19(15-27-20-7-8-22-23(14-20)30-10-9-29-22)12-21(26)25(24)31-16-18-6-4-5-17(2)11-18/h4-8,11-14,27H,3,9-10,15-16H2,1-2H3. The Morgan fingerprint density at radius 2 is 1.77 bits per heavy atom. The molecule has 3 aromatic rings. The van der Waals surface area contributed by atoms with Crippen LogP contribution >= 0.6 is 15.9 Å². The van der Waals surface area contributed by atoms with Gasteiger partial charge >= 0.3 is 0 Å². The van der Waals surface area contributed by atoms with Crippen LogP contribution in [0, 0.1) is 6.92 Å². The minimum absolute atomic E-state index is 0.481. The highest BCUT2D eigenvalue weighted by Gasteiger charge is 2.14. The van der Waals surface area contributed by atoms with Gasteiger partial charge in [-0.15, -0.1) is 0 Å². The Labute approximate surface area is 191 Å². The Morgan fingerprint density at radius 3 is 2.58 bits per heavy atom. The maximum atomic E-state index is 6.12. The van der Waals surface area contributed by atoms with E-state index >= 15 is 0 Å². The lowest BCUT2D eigenvalue weighted by Gasteiger charge is -2.19. The van der Waals surface area contributed by atoms with E-state index in [2.05, 4.69) is 52.4 Å². The van der Waals surface area contributed by atoms with Gasteiger partial charge in [0, 0.05) is 18.3 Å². The Balaban J connectivity index is 1.47. The summed E-state index contributed by atoms with van der Waals surface area (Å²) in [5.41, 5.74) is 4.38. The summed E-state index contributed by atoms with van der Waals surface area (Å²) in [5, 5.41) is 3.44. The molecule has 0 saturated heterocycles. The molecule has 0 unspecified atom stereocenters. The summed E-state index contributed by atoms with van der Waals surface area (Å²) in [7, 11) is 0. The molecule has 31 heavy (non-hydrogen) atoms. The molecule has 1 N–H and O–H groups in total. The van der Waals surface area contributed by atoms with Gasteiger partial charge in [-0.25, -0.2) is 0 Å². The first-order valence-electron chi connectivity index (χ1n) is 10.4. The van der Waals surface area contributed by atoms with Crippen LogP contribution in [0.2, 0.25) is 0 Å². The molecule has 0 amide bonds. The van der Waals surface area contributed by atoms with E-state index in [4.69, 9.17) is 18.9 Å². The molecule has 4 rings (SSSR count). The maximum absolute atomic E-state index is 6.12. The molecule has 6 heteroatoms. The third-order valence-corrected chi connectivity index (χ3v) is 5.46. The highest BCUT2D eigenvalue weighted by atomic mass is 79.9. The second-order valence-electron chi connectivity index (χ2n) is 7.33. The third-order valence-electron chi connectivity index (χ3n) is 4.87. The number of rotatable bonds is 8. The number of halogens is 1. The van der Waals surface area contributed by atoms with Gasteiger partial charge in [-0.05, 0) is 65.2 Å². The number of hydrogen-bond donors (Lipinski definition) is 1. The first-order chi connectivity index (χ1) is 15.1. The van der Waals surface area contributed by atoms with Gasteiger partial charge < -0.3 is 24.3 Å². The van der Waals surface area contributed by atoms with Gasteiger partial charge in [-0.1, -0.05) is 29.8 Å². The van der Waals surface area contributed by atoms with Gasteiger partial charge in [0.1, 0.15) is 19.8 Å². The van der Waals surface area contributed by atoms with Crippen LogP contribution < -0.4 is 24.3 Å². The summed E-state index contributed by atoms with van der Waals surface area (Å²) < 4.78 is 24.1. The molecule has 0 radical (unpaired) electrons. The Hall–Kier alpha value is -2.86. The second-order valence-corrected chi connectivity index (χ2v) is 8.18. The van der Waals surface area contributed by atoms with Crippen LogP contribution in [0.1, 0.15) is 23.6 Å². The molecule has 162 valence electrons. The summed E-state index contributed by atoms with van der Waals surface area (Å²) in [4.78, 5) is 0. The average molecular weight is 484 g/mol. The van der Waals surface area contributed by atoms with Gasteiger partial charge in [-0.2, -0.15) is 0 Å². The second kappa shape index (κ2) is 9.96. The van der Waals surface area contributed by atoms with Gasteiger partial charge in [0.05, 0.1) is 11.1 Å². The van der Waals surface area contributed by atoms with Gasteiger partial charge in [0.25, 0.3) is 0 Å². The van der Waals surface area contributed by atoms with Crippen molar-refractivity contribution < 1.29 is 18.9 Å². The van der Waals surface area contributed by atoms with Crippen molar-refractivity contribution in [2.45, 2.75) is 27.0 Å². The quantitative estimate of drug-likeness (QED) is 0.418. The summed E-state index contributed by atoms with van der Waals surface area (Å²) in [6.07, 6.45) is 0. The van der Waals surface area contributed by atoms with Crippen molar-refractivity contribution in [1.82, 2.24) is 0 Å². The van der Waals surface area contributed by atoms with Crippen molar-refractivity contribution in [2.24, 2.45) is 0 Å². The highest BCUT2D eigenvalue weighted by molar-refractivity contribution is 9.10. The predicted octanol–water partition coefficient (Wildman–Crippen LogP) is 6.12. The van der Waals surface area contributed by atoms with Crippen LogP contribution in [0.4, 0.5) is 5.69 Å². The van der Waals surface area contributed by atoms with Gasteiger partial charge in [-0.3, -0.25) is 0 Å². The maximum Gasteiger partial charge on any atom is 0.175 e. The van der Waals surface area contributed by atoms with Gasteiger partial charge in [0.2, 0.25) is 0 Å². The Bertz CT molecular complexity index is 1050. The number of fused-ring (bicyclic) bond motifs is 1. The fourth-order valence-corrected chi connectivity index (χ4v) is 4.05. The molecular formula is C25H26BrNO4. The fourth-order valence-electron chi connectivity index (χ4n) is 3.44. The number of ether oxygens (including phenoxy) is 4. The number of anilines is 1. The molecule has 1 heterocycles. The van der Waals surface area contributed by atoms with Crippen LogP contribution in [0.3, 0.4) is 0 Å². The predicted molar refractivity (Wildman–Crippen MR) is 126 cm³/mol. The first-order valence-corrected chi connectivity index (χ1v) is 11.2. The zero-order valence-electron chi connectivity index (χ0n) is 17.7. The number of benzene rings is 3. The summed E-state index contributed by atoms with van der Waals surface area (Å²) in [6.45, 7) is 6.89. The molecule has 1 aliphatic rings. The SMILES string of the molecule is CCOc1cc(CNc2ccc3c(c2)OCCO3)cc(Br)c1OCc1cccc(C)c1. The molecule has 0 spiro atoms. The van der Waals surface area contributed by atoms with E-state index in [1.165, 1.54) is 5.56 Å². The van der Waals surface area contributed by atoms with Crippen LogP contribution in [0.5, 0.6) is 23.0 Å². The summed E-state index contributed by atoms with van der Waals surface area (Å²) in [5.74, 6) is 3.00. The lowest BCUT2D eigenvalue weighted by atomic mass is 10.1. The van der Waals surface area contributed by atoms with E-state index in [1.807, 2.05) is 37.3 Å². The minimum atomic E-state index is 0.481. The normalized spacial score (nSPS) is 12.4. The zero-order valence-corrected chi connectivity index (χ0v) is 19.3. The van der Waals surface area contributed by atoms with Crippen LogP contribution in [-0.2, 0) is 13.2 Å². The average Bonchev–Trinajstić information content (AvgIpc) is 2.77. The lowest BCUT2D eigenvalue weighted by molar-refractivity contribution is 0.171. The molecule has 5 nitrogen and oxygen atoms in total. The molecule has 0 atom stereocenters. The number of hydrogen-bond acceptors (Lipinski definition) is 5. The largest absolute Gasteiger partial charge is 0.490 e. The molecule has 0 fully saturated rings. The van der Waals surface area contributed by atoms with Crippen LogP contribution in [0.25, 0.3) is 0 Å². The topological polar surface area (TPSA) is 49.0 Å². The number of aryl methyl sites for hydroxylation is 1. The fraction of sp³-hybridized carbons (Fsp3) is 0.280. The Kier molecular flexibility index (Phi) is 6.87. The van der Waals surface area contributed by atoms with E-state index in [9.17, 15) is 0 Å². The first kappa shape index (κ1) is 21.4. The molecule has 0 aliphatic carbocycles. The van der Waals surface area contributed by atoms with Crippen molar-refractivity contribution >= 4 is 21.6 Å². The van der Waals surface area contributed by atoms with E-state index in [-0.39, 0.29) is 0 Å². The van der Waals surface area contributed by atoms with Crippen LogP contribution in [0.15, 0.2) is 59.1 Å². The van der Waals surface area contributed by atoms with Crippen molar-refractivity contribution in [3.8, 4) is 23.0 Å². The van der Waals surface area contributed by atoms with E-state index < -0.39 is 0 Å². The zero-order chi connectivity index (χ0) is 21.6. The molecule has 0 aromatic heterocycles. The molecular weight excluding hydrogens is 458 g/mol. The Morgan fingerprint density at radius 1 is 0.935 bits per heavy atom. The van der Waals surface area contributed by atoms with E-state index in [0.717, 1.165) is 38.5 Å². The smallest absolute Gasteiger partial charge is 0.175 e. The monoisotopic (exact) mass is 483 g/mol. The molecule has 1 aliphatic heterocycles. The third kappa shape index (κ3) is 5.44.